The maximum absolute atomic E-state index is 6.87. The number of rotatable bonds is 5. The van der Waals surface area contributed by atoms with E-state index in [0.29, 0.717) is 10.8 Å². The largest absolute Gasteiger partial charge is 0.373 e. The molecule has 3 atom stereocenters. The van der Waals surface area contributed by atoms with Gasteiger partial charge in [-0.3, -0.25) is 0 Å². The Morgan fingerprint density at radius 3 is 2.14 bits per heavy atom. The summed E-state index contributed by atoms with van der Waals surface area (Å²) in [7, 11) is 4.31. The first-order chi connectivity index (χ1) is 10.3. The van der Waals surface area contributed by atoms with Crippen molar-refractivity contribution in [1.29, 1.82) is 0 Å². The Labute approximate surface area is 138 Å². The molecule has 0 aliphatic heterocycles. The van der Waals surface area contributed by atoms with Crippen LogP contribution >= 0.6 is 0 Å². The zero-order chi connectivity index (χ0) is 16.0. The first-order valence-corrected chi connectivity index (χ1v) is 9.62. The number of hydrogen-bond acceptors (Lipinski definition) is 2. The van der Waals surface area contributed by atoms with Crippen LogP contribution in [0.3, 0.4) is 0 Å². The van der Waals surface area contributed by atoms with E-state index < -0.39 is 0 Å². The molecule has 2 bridgehead atoms. The third kappa shape index (κ3) is 2.28. The summed E-state index contributed by atoms with van der Waals surface area (Å²) in [5.74, 6) is 1.68. The average molecular weight is 308 g/mol. The fourth-order valence-corrected chi connectivity index (χ4v) is 6.23. The SMILES string of the molecule is CN(C)CCOC1(C2CCCCC2)CC2CCC1(C)C2(C)C. The monoisotopic (exact) mass is 307 g/mol. The third-order valence-electron chi connectivity index (χ3n) is 8.08. The second kappa shape index (κ2) is 5.77. The minimum Gasteiger partial charge on any atom is -0.373 e. The second-order valence-corrected chi connectivity index (χ2v) is 9.37. The Hall–Kier alpha value is -0.0800. The van der Waals surface area contributed by atoms with Gasteiger partial charge in [0.25, 0.3) is 0 Å². The Bertz CT molecular complexity index is 399. The molecule has 3 rings (SSSR count). The van der Waals surface area contributed by atoms with Crippen LogP contribution in [0.5, 0.6) is 0 Å². The molecule has 0 spiro atoms. The van der Waals surface area contributed by atoms with Crippen LogP contribution in [-0.4, -0.2) is 37.7 Å². The van der Waals surface area contributed by atoms with E-state index in [9.17, 15) is 0 Å². The first kappa shape index (κ1) is 16.8. The molecule has 3 saturated carbocycles. The molecule has 0 radical (unpaired) electrons. The van der Waals surface area contributed by atoms with E-state index in [0.717, 1.165) is 25.0 Å². The van der Waals surface area contributed by atoms with Gasteiger partial charge in [-0.1, -0.05) is 40.0 Å². The summed E-state index contributed by atoms with van der Waals surface area (Å²) in [4.78, 5) is 2.26. The predicted octanol–water partition coefficient (Wildman–Crippen LogP) is 4.73. The van der Waals surface area contributed by atoms with Crippen molar-refractivity contribution in [2.45, 2.75) is 77.7 Å². The van der Waals surface area contributed by atoms with Crippen LogP contribution in [0, 0.1) is 22.7 Å². The van der Waals surface area contributed by atoms with Gasteiger partial charge in [-0.05, 0) is 63.5 Å². The fourth-order valence-electron chi connectivity index (χ4n) is 6.23. The van der Waals surface area contributed by atoms with Crippen LogP contribution in [0.1, 0.15) is 72.1 Å². The summed E-state index contributed by atoms with van der Waals surface area (Å²) < 4.78 is 6.87. The van der Waals surface area contributed by atoms with Gasteiger partial charge in [-0.15, -0.1) is 0 Å². The minimum absolute atomic E-state index is 0.163. The van der Waals surface area contributed by atoms with Crippen molar-refractivity contribution < 1.29 is 4.74 Å². The summed E-state index contributed by atoms with van der Waals surface area (Å²) in [5, 5.41) is 0. The van der Waals surface area contributed by atoms with Crippen molar-refractivity contribution in [3.05, 3.63) is 0 Å². The third-order valence-corrected chi connectivity index (χ3v) is 8.08. The zero-order valence-corrected chi connectivity index (χ0v) is 15.6. The highest BCUT2D eigenvalue weighted by molar-refractivity contribution is 5.20. The van der Waals surface area contributed by atoms with Crippen molar-refractivity contribution in [3.8, 4) is 0 Å². The van der Waals surface area contributed by atoms with Gasteiger partial charge in [0.1, 0.15) is 0 Å². The predicted molar refractivity (Wildman–Crippen MR) is 93.0 cm³/mol. The van der Waals surface area contributed by atoms with Crippen LogP contribution in [0.15, 0.2) is 0 Å². The molecular formula is C20H37NO. The normalized spacial score (nSPS) is 41.5. The number of fused-ring (bicyclic) bond motifs is 2. The Kier molecular flexibility index (Phi) is 4.40. The van der Waals surface area contributed by atoms with Crippen LogP contribution in [0.2, 0.25) is 0 Å². The van der Waals surface area contributed by atoms with E-state index >= 15 is 0 Å². The summed E-state index contributed by atoms with van der Waals surface area (Å²) in [6, 6.07) is 0. The summed E-state index contributed by atoms with van der Waals surface area (Å²) >= 11 is 0. The lowest BCUT2D eigenvalue weighted by molar-refractivity contribution is -0.180. The quantitative estimate of drug-likeness (QED) is 0.728. The van der Waals surface area contributed by atoms with Gasteiger partial charge >= 0.3 is 0 Å². The van der Waals surface area contributed by atoms with Gasteiger partial charge in [-0.2, -0.15) is 0 Å². The highest BCUT2D eigenvalue weighted by Crippen LogP contribution is 2.73. The minimum atomic E-state index is 0.163. The van der Waals surface area contributed by atoms with Gasteiger partial charge in [0.15, 0.2) is 0 Å². The van der Waals surface area contributed by atoms with Crippen LogP contribution in [-0.2, 0) is 4.74 Å². The van der Waals surface area contributed by atoms with E-state index in [-0.39, 0.29) is 5.60 Å². The molecule has 2 nitrogen and oxygen atoms in total. The number of nitrogens with zero attached hydrogens (tertiary/aromatic N) is 1. The van der Waals surface area contributed by atoms with Crippen molar-refractivity contribution in [3.63, 3.8) is 0 Å². The molecule has 0 aromatic carbocycles. The Balaban J connectivity index is 1.87. The molecule has 3 fully saturated rings. The lowest BCUT2D eigenvalue weighted by Crippen LogP contribution is -2.55. The van der Waals surface area contributed by atoms with E-state index in [4.69, 9.17) is 4.74 Å². The molecule has 0 amide bonds. The number of ether oxygens (including phenoxy) is 1. The molecule has 0 N–H and O–H groups in total. The molecule has 0 saturated heterocycles. The maximum Gasteiger partial charge on any atom is 0.0772 e. The van der Waals surface area contributed by atoms with Gasteiger partial charge in [-0.25, -0.2) is 0 Å². The molecule has 3 aliphatic rings. The molecule has 2 heteroatoms. The van der Waals surface area contributed by atoms with E-state index in [1.807, 2.05) is 0 Å². The van der Waals surface area contributed by atoms with Crippen molar-refractivity contribution in [1.82, 2.24) is 4.90 Å². The van der Waals surface area contributed by atoms with Crippen molar-refractivity contribution in [2.24, 2.45) is 22.7 Å². The average Bonchev–Trinajstić information content (AvgIpc) is 2.80. The molecule has 3 aliphatic carbocycles. The molecular weight excluding hydrogens is 270 g/mol. The van der Waals surface area contributed by atoms with Crippen LogP contribution < -0.4 is 0 Å². The molecule has 0 aromatic rings. The lowest BCUT2D eigenvalue weighted by atomic mass is 9.58. The molecule has 3 unspecified atom stereocenters. The number of hydrogen-bond donors (Lipinski definition) is 0. The first-order valence-electron chi connectivity index (χ1n) is 9.62. The van der Waals surface area contributed by atoms with E-state index in [1.165, 1.54) is 51.4 Å². The number of likely N-dealkylation sites (N-methyl/N-ethyl adjacent to an activating group) is 1. The van der Waals surface area contributed by atoms with Crippen LogP contribution in [0.4, 0.5) is 0 Å². The maximum atomic E-state index is 6.87. The van der Waals surface area contributed by atoms with Crippen molar-refractivity contribution >= 4 is 0 Å². The van der Waals surface area contributed by atoms with Gasteiger partial charge < -0.3 is 9.64 Å². The topological polar surface area (TPSA) is 12.5 Å². The van der Waals surface area contributed by atoms with Crippen molar-refractivity contribution in [2.75, 3.05) is 27.2 Å². The molecule has 128 valence electrons. The smallest absolute Gasteiger partial charge is 0.0772 e. The fraction of sp³-hybridized carbons (Fsp3) is 1.00. The standard InChI is InChI=1S/C20H37NO/c1-18(2)17-11-12-19(18,3)20(15-17,22-14-13-21(4)5)16-9-7-6-8-10-16/h16-17H,6-15H2,1-5H3. The highest BCUT2D eigenvalue weighted by Gasteiger charge is 2.71. The second-order valence-electron chi connectivity index (χ2n) is 9.37. The summed E-state index contributed by atoms with van der Waals surface area (Å²) in [6.07, 6.45) is 11.2. The van der Waals surface area contributed by atoms with Crippen LogP contribution in [0.25, 0.3) is 0 Å². The van der Waals surface area contributed by atoms with E-state index in [2.05, 4.69) is 39.8 Å². The van der Waals surface area contributed by atoms with Gasteiger partial charge in [0.05, 0.1) is 12.2 Å². The molecule has 0 aromatic heterocycles. The van der Waals surface area contributed by atoms with Gasteiger partial charge in [0, 0.05) is 12.0 Å². The Morgan fingerprint density at radius 2 is 1.64 bits per heavy atom. The summed E-state index contributed by atoms with van der Waals surface area (Å²) in [5.41, 5.74) is 0.984. The highest BCUT2D eigenvalue weighted by atomic mass is 16.5. The molecule has 0 heterocycles. The summed E-state index contributed by atoms with van der Waals surface area (Å²) in [6.45, 7) is 9.59. The van der Waals surface area contributed by atoms with E-state index in [1.54, 1.807) is 0 Å². The zero-order valence-electron chi connectivity index (χ0n) is 15.6. The lowest BCUT2D eigenvalue weighted by Gasteiger charge is -2.53. The van der Waals surface area contributed by atoms with Gasteiger partial charge in [0.2, 0.25) is 0 Å². The Morgan fingerprint density at radius 1 is 0.955 bits per heavy atom. The molecule has 22 heavy (non-hydrogen) atoms.